The van der Waals surface area contributed by atoms with Crippen molar-refractivity contribution in [3.63, 3.8) is 0 Å². The molecule has 3 N–H and O–H groups in total. The van der Waals surface area contributed by atoms with Crippen molar-refractivity contribution in [3.05, 3.63) is 95.6 Å². The van der Waals surface area contributed by atoms with Crippen molar-refractivity contribution in [1.29, 1.82) is 0 Å². The molecular formula is C27H33NO3. The predicted molar refractivity (Wildman–Crippen MR) is 126 cm³/mol. The third-order valence-electron chi connectivity index (χ3n) is 5.97. The second-order valence-electron chi connectivity index (χ2n) is 7.76. The van der Waals surface area contributed by atoms with Crippen LogP contribution in [0.1, 0.15) is 42.4 Å². The zero-order chi connectivity index (χ0) is 22.1. The highest BCUT2D eigenvalue weighted by Crippen LogP contribution is 2.47. The number of benzene rings is 3. The Kier molecular flexibility index (Phi) is 8.10. The number of ether oxygens (including phenoxy) is 2. The molecule has 4 heteroatoms. The number of unbranched alkanes of at least 4 members (excludes halogenated alkanes) is 2. The molecule has 0 spiro atoms. The third kappa shape index (κ3) is 4.76. The third-order valence-corrected chi connectivity index (χ3v) is 5.97. The minimum Gasteiger partial charge on any atom is -0.497 e. The number of hydrogen-bond donors (Lipinski definition) is 2. The van der Waals surface area contributed by atoms with Crippen LogP contribution in [0.2, 0.25) is 0 Å². The summed E-state index contributed by atoms with van der Waals surface area (Å²) < 4.78 is 11.3. The molecule has 1 atom stereocenters. The van der Waals surface area contributed by atoms with Crippen molar-refractivity contribution in [2.24, 2.45) is 5.73 Å². The molecule has 164 valence electrons. The Bertz CT molecular complexity index is 888. The highest BCUT2D eigenvalue weighted by atomic mass is 16.5. The molecule has 0 fully saturated rings. The van der Waals surface area contributed by atoms with Crippen LogP contribution >= 0.6 is 0 Å². The van der Waals surface area contributed by atoms with Crippen molar-refractivity contribution in [2.75, 3.05) is 20.8 Å². The fraction of sp³-hybridized carbons (Fsp3) is 0.333. The average Bonchev–Trinajstić information content (AvgIpc) is 2.84. The zero-order valence-electron chi connectivity index (χ0n) is 18.5. The van der Waals surface area contributed by atoms with Gasteiger partial charge in [-0.15, -0.1) is 0 Å². The Hall–Kier alpha value is -2.82. The van der Waals surface area contributed by atoms with Crippen LogP contribution in [0.5, 0.6) is 11.5 Å². The molecule has 0 saturated heterocycles. The summed E-state index contributed by atoms with van der Waals surface area (Å²) in [6.07, 6.45) is 2.85. The van der Waals surface area contributed by atoms with Gasteiger partial charge in [-0.05, 0) is 36.6 Å². The smallest absolute Gasteiger partial charge is 0.127 e. The van der Waals surface area contributed by atoms with E-state index in [1.807, 2.05) is 54.6 Å². The van der Waals surface area contributed by atoms with Crippen LogP contribution in [-0.4, -0.2) is 32.0 Å². The lowest BCUT2D eigenvalue weighted by Crippen LogP contribution is -2.42. The number of rotatable bonds is 11. The maximum Gasteiger partial charge on any atom is 0.127 e. The molecule has 3 rings (SSSR count). The van der Waals surface area contributed by atoms with E-state index in [0.29, 0.717) is 24.5 Å². The highest BCUT2D eigenvalue weighted by Gasteiger charge is 2.44. The van der Waals surface area contributed by atoms with Gasteiger partial charge in [-0.2, -0.15) is 0 Å². The van der Waals surface area contributed by atoms with Crippen LogP contribution in [0.3, 0.4) is 0 Å². The molecule has 0 heterocycles. The van der Waals surface area contributed by atoms with Gasteiger partial charge >= 0.3 is 0 Å². The number of nitrogens with two attached hydrogens (primary N) is 1. The lowest BCUT2D eigenvalue weighted by atomic mass is 9.64. The Labute approximate surface area is 185 Å². The number of aliphatic hydroxyl groups excluding tert-OH is 1. The molecule has 0 amide bonds. The molecular weight excluding hydrogens is 386 g/mol. The molecule has 0 aromatic heterocycles. The Balaban J connectivity index is 2.25. The van der Waals surface area contributed by atoms with Crippen LogP contribution in [0.4, 0.5) is 0 Å². The SMILES string of the molecule is COc1ccc(C(c2ccccc2)(c2ccccc2)C(O)CCCCCN)c(OC)c1. The Morgan fingerprint density at radius 2 is 1.42 bits per heavy atom. The van der Waals surface area contributed by atoms with Crippen molar-refractivity contribution in [3.8, 4) is 11.5 Å². The number of hydrogen-bond acceptors (Lipinski definition) is 4. The van der Waals surface area contributed by atoms with Crippen LogP contribution in [0.25, 0.3) is 0 Å². The Morgan fingerprint density at radius 1 is 0.806 bits per heavy atom. The summed E-state index contributed by atoms with van der Waals surface area (Å²) in [5, 5.41) is 11.8. The maximum absolute atomic E-state index is 11.8. The molecule has 0 aliphatic heterocycles. The first-order valence-corrected chi connectivity index (χ1v) is 10.9. The molecule has 1 unspecified atom stereocenters. The molecule has 31 heavy (non-hydrogen) atoms. The van der Waals surface area contributed by atoms with E-state index in [4.69, 9.17) is 15.2 Å². The lowest BCUT2D eigenvalue weighted by molar-refractivity contribution is 0.107. The van der Waals surface area contributed by atoms with Gasteiger partial charge in [0.2, 0.25) is 0 Å². The largest absolute Gasteiger partial charge is 0.497 e. The molecule has 4 nitrogen and oxygen atoms in total. The second-order valence-corrected chi connectivity index (χ2v) is 7.76. The van der Waals surface area contributed by atoms with Gasteiger partial charge in [0, 0.05) is 11.6 Å². The van der Waals surface area contributed by atoms with Crippen LogP contribution in [0, 0.1) is 0 Å². The van der Waals surface area contributed by atoms with Gasteiger partial charge in [0.05, 0.1) is 25.7 Å². The van der Waals surface area contributed by atoms with Crippen LogP contribution < -0.4 is 15.2 Å². The molecule has 0 aliphatic rings. The van der Waals surface area contributed by atoms with Crippen molar-refractivity contribution in [2.45, 2.75) is 37.2 Å². The summed E-state index contributed by atoms with van der Waals surface area (Å²) >= 11 is 0. The van der Waals surface area contributed by atoms with Crippen LogP contribution in [-0.2, 0) is 5.41 Å². The quantitative estimate of drug-likeness (QED) is 0.342. The monoisotopic (exact) mass is 419 g/mol. The van der Waals surface area contributed by atoms with Crippen molar-refractivity contribution >= 4 is 0 Å². The van der Waals surface area contributed by atoms with E-state index >= 15 is 0 Å². The van der Waals surface area contributed by atoms with E-state index in [1.165, 1.54) is 0 Å². The highest BCUT2D eigenvalue weighted by molar-refractivity contribution is 5.58. The van der Waals surface area contributed by atoms with Gasteiger partial charge in [-0.25, -0.2) is 0 Å². The van der Waals surface area contributed by atoms with E-state index in [1.54, 1.807) is 14.2 Å². The molecule has 3 aromatic rings. The van der Waals surface area contributed by atoms with Gasteiger partial charge in [-0.1, -0.05) is 79.6 Å². The fourth-order valence-electron chi connectivity index (χ4n) is 4.44. The van der Waals surface area contributed by atoms with Crippen molar-refractivity contribution < 1.29 is 14.6 Å². The van der Waals surface area contributed by atoms with E-state index in [9.17, 15) is 5.11 Å². The summed E-state index contributed by atoms with van der Waals surface area (Å²) in [4.78, 5) is 0. The summed E-state index contributed by atoms with van der Waals surface area (Å²) in [5.41, 5.74) is 7.85. The predicted octanol–water partition coefficient (Wildman–Crippen LogP) is 4.92. The fourth-order valence-corrected chi connectivity index (χ4v) is 4.44. The van der Waals surface area contributed by atoms with Gasteiger partial charge in [0.25, 0.3) is 0 Å². The summed E-state index contributed by atoms with van der Waals surface area (Å²) in [6.45, 7) is 0.672. The van der Waals surface area contributed by atoms with Crippen molar-refractivity contribution in [1.82, 2.24) is 0 Å². The molecule has 0 aliphatic carbocycles. The number of aliphatic hydroxyl groups is 1. The first-order chi connectivity index (χ1) is 15.2. The average molecular weight is 420 g/mol. The van der Waals surface area contributed by atoms with Crippen LogP contribution in [0.15, 0.2) is 78.9 Å². The summed E-state index contributed by atoms with van der Waals surface area (Å²) in [5.74, 6) is 1.40. The topological polar surface area (TPSA) is 64.7 Å². The van der Waals surface area contributed by atoms with Gasteiger partial charge in [0.1, 0.15) is 11.5 Å². The van der Waals surface area contributed by atoms with E-state index in [0.717, 1.165) is 36.0 Å². The minimum atomic E-state index is -0.789. The second kappa shape index (κ2) is 11.0. The maximum atomic E-state index is 11.8. The zero-order valence-corrected chi connectivity index (χ0v) is 18.5. The van der Waals surface area contributed by atoms with Gasteiger partial charge in [0.15, 0.2) is 0 Å². The first-order valence-electron chi connectivity index (χ1n) is 10.9. The first kappa shape index (κ1) is 22.9. The lowest BCUT2D eigenvalue weighted by Gasteiger charge is -2.41. The van der Waals surface area contributed by atoms with Gasteiger partial charge in [-0.3, -0.25) is 0 Å². The van der Waals surface area contributed by atoms with Gasteiger partial charge < -0.3 is 20.3 Å². The molecule has 0 bridgehead atoms. The Morgan fingerprint density at radius 3 is 1.94 bits per heavy atom. The van der Waals surface area contributed by atoms with E-state index < -0.39 is 11.5 Å². The molecule has 0 radical (unpaired) electrons. The van der Waals surface area contributed by atoms with E-state index in [-0.39, 0.29) is 0 Å². The normalized spacial score (nSPS) is 12.4. The summed E-state index contributed by atoms with van der Waals surface area (Å²) in [7, 11) is 3.30. The van der Waals surface area contributed by atoms with E-state index in [2.05, 4.69) is 24.3 Å². The number of methoxy groups -OCH3 is 2. The summed E-state index contributed by atoms with van der Waals surface area (Å²) in [6, 6.07) is 26.2. The minimum absolute atomic E-state index is 0.652. The standard InChI is InChI=1S/C27H33NO3/c1-30-23-17-18-24(25(20-23)31-2)27(21-12-6-3-7-13-21,22-14-8-4-9-15-22)26(29)16-10-5-11-19-28/h3-4,6-9,12-15,17-18,20,26,29H,5,10-11,16,19,28H2,1-2H3. The molecule has 3 aromatic carbocycles. The molecule has 0 saturated carbocycles.